The molecule has 0 aromatic carbocycles. The first-order valence-corrected chi connectivity index (χ1v) is 13.5. The van der Waals surface area contributed by atoms with Gasteiger partial charge in [0.25, 0.3) is 0 Å². The average molecular weight is 487 g/mol. The van der Waals surface area contributed by atoms with Gasteiger partial charge in [-0.05, 0) is 88.9 Å². The topological polar surface area (TPSA) is 87.0 Å². The lowest BCUT2D eigenvalue weighted by Crippen LogP contribution is -2.37. The number of aliphatic hydroxyl groups is 3. The highest BCUT2D eigenvalue weighted by Crippen LogP contribution is 2.59. The maximum Gasteiger partial charge on any atom is 0.314 e. The number of esters is 1. The molecule has 0 spiro atoms. The fraction of sp³-hybridized carbons (Fsp3) is 0.700. The van der Waals surface area contributed by atoms with Gasteiger partial charge in [0.2, 0.25) is 0 Å². The number of allylic oxidation sites excluding steroid dienone is 5. The van der Waals surface area contributed by atoms with Crippen molar-refractivity contribution in [2.45, 2.75) is 104 Å². The number of hydrogen-bond acceptors (Lipinski definition) is 5. The van der Waals surface area contributed by atoms with Gasteiger partial charge in [-0.15, -0.1) is 0 Å². The molecule has 0 radical (unpaired) electrons. The molecule has 5 nitrogen and oxygen atoms in total. The molecule has 0 aromatic heterocycles. The lowest BCUT2D eigenvalue weighted by molar-refractivity contribution is -0.158. The van der Waals surface area contributed by atoms with Crippen LogP contribution < -0.4 is 0 Å². The van der Waals surface area contributed by atoms with E-state index in [2.05, 4.69) is 25.7 Å². The smallest absolute Gasteiger partial charge is 0.314 e. The van der Waals surface area contributed by atoms with E-state index in [1.807, 2.05) is 13.0 Å². The van der Waals surface area contributed by atoms with Crippen LogP contribution in [0.15, 0.2) is 47.6 Å². The quantitative estimate of drug-likeness (QED) is 0.315. The second-order valence-electron chi connectivity index (χ2n) is 11.8. The van der Waals surface area contributed by atoms with Crippen LogP contribution in [0.4, 0.5) is 0 Å². The molecule has 3 aliphatic carbocycles. The van der Waals surface area contributed by atoms with Crippen molar-refractivity contribution in [2.24, 2.45) is 22.7 Å². The average Bonchev–Trinajstić information content (AvgIpc) is 3.16. The van der Waals surface area contributed by atoms with Gasteiger partial charge in [-0.25, -0.2) is 0 Å². The van der Waals surface area contributed by atoms with Crippen LogP contribution in [0, 0.1) is 22.7 Å². The third kappa shape index (κ3) is 6.36. The van der Waals surface area contributed by atoms with Crippen molar-refractivity contribution in [3.8, 4) is 0 Å². The SMILES string of the molecule is C=C(/C=C/[C@H](O)C(C)(C)C(=O)OCCC)[C@H]1CC[C@H]2/C(=C/C=C3C[C@@H](O)C[C@H](O)C3)CCC[C@]12C. The van der Waals surface area contributed by atoms with Gasteiger partial charge in [-0.3, -0.25) is 4.79 Å². The van der Waals surface area contributed by atoms with Crippen molar-refractivity contribution in [3.63, 3.8) is 0 Å². The molecule has 0 bridgehead atoms. The molecule has 3 N–H and O–H groups in total. The Labute approximate surface area is 211 Å². The van der Waals surface area contributed by atoms with E-state index in [4.69, 9.17) is 4.74 Å². The highest BCUT2D eigenvalue weighted by Gasteiger charge is 2.49. The zero-order chi connectivity index (χ0) is 25.8. The minimum atomic E-state index is -1.01. The Bertz CT molecular complexity index is 854. The molecule has 3 rings (SSSR count). The highest BCUT2D eigenvalue weighted by atomic mass is 16.5. The van der Waals surface area contributed by atoms with Crippen LogP contribution in [0.1, 0.15) is 85.5 Å². The monoisotopic (exact) mass is 486 g/mol. The number of rotatable bonds is 8. The largest absolute Gasteiger partial charge is 0.465 e. The van der Waals surface area contributed by atoms with E-state index in [0.717, 1.165) is 49.7 Å². The van der Waals surface area contributed by atoms with Crippen LogP contribution in [-0.4, -0.2) is 46.2 Å². The van der Waals surface area contributed by atoms with Crippen LogP contribution in [-0.2, 0) is 9.53 Å². The number of fused-ring (bicyclic) bond motifs is 1. The molecule has 0 amide bonds. The summed E-state index contributed by atoms with van der Waals surface area (Å²) in [5, 5.41) is 30.7. The maximum atomic E-state index is 12.4. The van der Waals surface area contributed by atoms with Crippen LogP contribution >= 0.6 is 0 Å². The molecule has 196 valence electrons. The second-order valence-corrected chi connectivity index (χ2v) is 11.8. The Balaban J connectivity index is 1.69. The summed E-state index contributed by atoms with van der Waals surface area (Å²) < 4.78 is 5.27. The van der Waals surface area contributed by atoms with E-state index < -0.39 is 23.7 Å². The van der Waals surface area contributed by atoms with Gasteiger partial charge < -0.3 is 20.1 Å². The van der Waals surface area contributed by atoms with Crippen molar-refractivity contribution in [1.29, 1.82) is 0 Å². The maximum absolute atomic E-state index is 12.4. The zero-order valence-electron chi connectivity index (χ0n) is 22.1. The molecule has 0 aliphatic heterocycles. The van der Waals surface area contributed by atoms with Crippen molar-refractivity contribution in [2.75, 3.05) is 6.61 Å². The summed E-state index contributed by atoms with van der Waals surface area (Å²) in [7, 11) is 0. The van der Waals surface area contributed by atoms with Crippen molar-refractivity contribution < 1.29 is 24.9 Å². The van der Waals surface area contributed by atoms with E-state index in [0.29, 0.717) is 37.7 Å². The molecule has 3 aliphatic rings. The minimum Gasteiger partial charge on any atom is -0.465 e. The molecule has 0 saturated heterocycles. The number of ether oxygens (including phenoxy) is 1. The van der Waals surface area contributed by atoms with Gasteiger partial charge in [0, 0.05) is 0 Å². The van der Waals surface area contributed by atoms with Gasteiger partial charge in [-0.2, -0.15) is 0 Å². The summed E-state index contributed by atoms with van der Waals surface area (Å²) in [5.74, 6) is 0.442. The second kappa shape index (κ2) is 11.6. The van der Waals surface area contributed by atoms with Crippen molar-refractivity contribution in [1.82, 2.24) is 0 Å². The molecule has 3 fully saturated rings. The van der Waals surface area contributed by atoms with Gasteiger partial charge in [-0.1, -0.05) is 61.4 Å². The Morgan fingerprint density at radius 1 is 1.23 bits per heavy atom. The van der Waals surface area contributed by atoms with Gasteiger partial charge in [0.05, 0.1) is 30.3 Å². The molecular formula is C30H46O5. The molecular weight excluding hydrogens is 440 g/mol. The Kier molecular flexibility index (Phi) is 9.22. The first-order chi connectivity index (χ1) is 16.5. The predicted octanol–water partition coefficient (Wildman–Crippen LogP) is 5.41. The van der Waals surface area contributed by atoms with Crippen molar-refractivity contribution >= 4 is 5.97 Å². The molecule has 5 heteroatoms. The van der Waals surface area contributed by atoms with E-state index in [1.54, 1.807) is 19.9 Å². The zero-order valence-corrected chi connectivity index (χ0v) is 22.1. The summed E-state index contributed by atoms with van der Waals surface area (Å²) in [4.78, 5) is 12.4. The molecule has 0 unspecified atom stereocenters. The van der Waals surface area contributed by atoms with E-state index in [1.165, 1.54) is 5.57 Å². The highest BCUT2D eigenvalue weighted by molar-refractivity contribution is 5.77. The molecule has 35 heavy (non-hydrogen) atoms. The summed E-state index contributed by atoms with van der Waals surface area (Å²) >= 11 is 0. The minimum absolute atomic E-state index is 0.121. The van der Waals surface area contributed by atoms with Gasteiger partial charge in [0.15, 0.2) is 0 Å². The summed E-state index contributed by atoms with van der Waals surface area (Å²) in [6.07, 6.45) is 14.3. The molecule has 0 heterocycles. The predicted molar refractivity (Wildman–Crippen MR) is 140 cm³/mol. The van der Waals surface area contributed by atoms with Crippen molar-refractivity contribution in [3.05, 3.63) is 47.6 Å². The molecule has 3 saturated carbocycles. The van der Waals surface area contributed by atoms with E-state index in [-0.39, 0.29) is 11.4 Å². The number of aliphatic hydroxyl groups excluding tert-OH is 3. The third-order valence-electron chi connectivity index (χ3n) is 8.68. The Morgan fingerprint density at radius 3 is 2.57 bits per heavy atom. The standard InChI is InChI=1S/C30H46O5/c1-6-16-35-28(34)29(3,4)27(33)14-9-20(2)25-12-13-26-22(8-7-15-30(25,26)5)11-10-21-17-23(31)19-24(32)18-21/h9-11,14,23-27,31-33H,2,6-8,12-13,15-19H2,1,3-5H3/b14-9+,22-11+/t23-,24-,25-,26+,27+,30-/m1/s1. The molecule has 6 atom stereocenters. The Hall–Kier alpha value is -1.69. The summed E-state index contributed by atoms with van der Waals surface area (Å²) in [5.41, 5.74) is 2.73. The van der Waals surface area contributed by atoms with E-state index in [9.17, 15) is 20.1 Å². The number of carbonyl (C=O) groups excluding carboxylic acids is 1. The van der Waals surface area contributed by atoms with Crippen LogP contribution in [0.2, 0.25) is 0 Å². The van der Waals surface area contributed by atoms with Crippen LogP contribution in [0.5, 0.6) is 0 Å². The fourth-order valence-electron chi connectivity index (χ4n) is 6.45. The first-order valence-electron chi connectivity index (χ1n) is 13.5. The van der Waals surface area contributed by atoms with Crippen LogP contribution in [0.25, 0.3) is 0 Å². The Morgan fingerprint density at radius 2 is 1.91 bits per heavy atom. The number of hydrogen-bond donors (Lipinski definition) is 3. The lowest BCUT2D eigenvalue weighted by Gasteiger charge is -2.42. The van der Waals surface area contributed by atoms with Gasteiger partial charge >= 0.3 is 5.97 Å². The fourth-order valence-corrected chi connectivity index (χ4v) is 6.45. The van der Waals surface area contributed by atoms with Gasteiger partial charge in [0.1, 0.15) is 0 Å². The molecule has 0 aromatic rings. The normalized spacial score (nSPS) is 33.6. The third-order valence-corrected chi connectivity index (χ3v) is 8.68. The summed E-state index contributed by atoms with van der Waals surface area (Å²) in [6, 6.07) is 0. The van der Waals surface area contributed by atoms with E-state index >= 15 is 0 Å². The number of carbonyl (C=O) groups is 1. The lowest BCUT2D eigenvalue weighted by atomic mass is 9.62. The van der Waals surface area contributed by atoms with Crippen LogP contribution in [0.3, 0.4) is 0 Å². The first kappa shape index (κ1) is 27.9. The summed E-state index contributed by atoms with van der Waals surface area (Å²) in [6.45, 7) is 12.5.